The van der Waals surface area contributed by atoms with Gasteiger partial charge in [0.05, 0.1) is 33.5 Å². The largest absolute Gasteiger partial charge is 0.468 e. The van der Waals surface area contributed by atoms with Gasteiger partial charge in [-0.15, -0.1) is 0 Å². The number of fused-ring (bicyclic) bond motifs is 1. The molecule has 0 unspecified atom stereocenters. The molecule has 0 bridgehead atoms. The molecule has 8 heteroatoms. The van der Waals surface area contributed by atoms with Crippen LogP contribution in [-0.2, 0) is 9.53 Å². The first-order valence-electron chi connectivity index (χ1n) is 8.76. The third-order valence-corrected chi connectivity index (χ3v) is 7.09. The molecule has 0 N–H and O–H groups in total. The van der Waals surface area contributed by atoms with Crippen LogP contribution in [0.5, 0.6) is 0 Å². The minimum Gasteiger partial charge on any atom is -0.468 e. The van der Waals surface area contributed by atoms with Crippen LogP contribution < -0.4 is 4.90 Å². The second-order valence-corrected chi connectivity index (χ2v) is 8.44. The first-order chi connectivity index (χ1) is 14.0. The fourth-order valence-corrected chi connectivity index (χ4v) is 5.57. The van der Waals surface area contributed by atoms with E-state index in [0.717, 1.165) is 31.1 Å². The number of thioether (sulfide) groups is 2. The molecule has 0 radical (unpaired) electrons. The molecule has 0 amide bonds. The molecule has 0 atom stereocenters. The maximum Gasteiger partial charge on any atom is 0.325 e. The summed E-state index contributed by atoms with van der Waals surface area (Å²) in [6.45, 7) is 4.29. The average Bonchev–Trinajstić information content (AvgIpc) is 3.19. The van der Waals surface area contributed by atoms with Crippen molar-refractivity contribution in [3.05, 3.63) is 81.3 Å². The molecular formula is C21H18FN3O2S2. The van der Waals surface area contributed by atoms with Crippen molar-refractivity contribution in [2.75, 3.05) is 25.6 Å². The number of hydrogen-bond donors (Lipinski definition) is 0. The molecule has 2 aliphatic rings. The van der Waals surface area contributed by atoms with Gasteiger partial charge in [0.2, 0.25) is 0 Å². The lowest BCUT2D eigenvalue weighted by atomic mass is 10.2. The molecule has 3 heterocycles. The van der Waals surface area contributed by atoms with Crippen molar-refractivity contribution in [3.63, 3.8) is 0 Å². The van der Waals surface area contributed by atoms with E-state index in [1.165, 1.54) is 42.8 Å². The molecule has 1 fully saturated rings. The van der Waals surface area contributed by atoms with Gasteiger partial charge in [0.1, 0.15) is 12.4 Å². The molecule has 29 heavy (non-hydrogen) atoms. The SMILES string of the molecule is C=C1/C(=C2\Sc3cc(F)ccc3N2C)S/C(=C\c2ccncc2)N1CC(=O)OC. The molecule has 0 aliphatic carbocycles. The highest BCUT2D eigenvalue weighted by Crippen LogP contribution is 2.54. The van der Waals surface area contributed by atoms with Crippen molar-refractivity contribution in [1.29, 1.82) is 0 Å². The standard InChI is InChI=1S/C21H18FN3O2S2/c1-13-20(21-24(2)16-5-4-15(22)11-17(16)28-21)29-18(25(13)12-19(26)27-3)10-14-6-8-23-9-7-14/h4-11H,1,12H2,2-3H3/b18-10-,21-20+. The van der Waals surface area contributed by atoms with E-state index in [1.807, 2.05) is 35.1 Å². The van der Waals surface area contributed by atoms with E-state index in [2.05, 4.69) is 11.6 Å². The van der Waals surface area contributed by atoms with Crippen molar-refractivity contribution in [2.24, 2.45) is 0 Å². The first kappa shape index (κ1) is 19.6. The van der Waals surface area contributed by atoms with Gasteiger partial charge in [-0.25, -0.2) is 4.39 Å². The third kappa shape index (κ3) is 3.77. The Morgan fingerprint density at radius 3 is 2.76 bits per heavy atom. The van der Waals surface area contributed by atoms with E-state index in [-0.39, 0.29) is 18.3 Å². The molecule has 2 aliphatic heterocycles. The third-order valence-electron chi connectivity index (χ3n) is 4.56. The Hall–Kier alpha value is -2.71. The Labute approximate surface area is 176 Å². The lowest BCUT2D eigenvalue weighted by Gasteiger charge is -2.19. The summed E-state index contributed by atoms with van der Waals surface area (Å²) in [5, 5.41) is 1.82. The second kappa shape index (κ2) is 7.96. The highest BCUT2D eigenvalue weighted by atomic mass is 32.2. The molecule has 1 saturated heterocycles. The van der Waals surface area contributed by atoms with E-state index in [0.29, 0.717) is 5.70 Å². The van der Waals surface area contributed by atoms with Crippen LogP contribution in [0.2, 0.25) is 0 Å². The summed E-state index contributed by atoms with van der Waals surface area (Å²) in [7, 11) is 3.31. The van der Waals surface area contributed by atoms with Crippen molar-refractivity contribution in [1.82, 2.24) is 9.88 Å². The summed E-state index contributed by atoms with van der Waals surface area (Å²) in [6, 6.07) is 8.55. The van der Waals surface area contributed by atoms with Crippen molar-refractivity contribution in [3.8, 4) is 0 Å². The van der Waals surface area contributed by atoms with E-state index in [4.69, 9.17) is 4.74 Å². The number of pyridine rings is 1. The van der Waals surface area contributed by atoms with Crippen molar-refractivity contribution >= 4 is 41.3 Å². The minimum absolute atomic E-state index is 0.0615. The van der Waals surface area contributed by atoms with E-state index in [1.54, 1.807) is 18.5 Å². The summed E-state index contributed by atoms with van der Waals surface area (Å²) in [5.74, 6) is -0.615. The average molecular weight is 428 g/mol. The molecule has 2 aromatic rings. The topological polar surface area (TPSA) is 45.7 Å². The van der Waals surface area contributed by atoms with Crippen LogP contribution in [0.25, 0.3) is 6.08 Å². The molecule has 148 valence electrons. The van der Waals surface area contributed by atoms with E-state index in [9.17, 15) is 9.18 Å². The maximum absolute atomic E-state index is 13.7. The van der Waals surface area contributed by atoms with Gasteiger partial charge in [-0.1, -0.05) is 30.1 Å². The van der Waals surface area contributed by atoms with Crippen LogP contribution in [0.15, 0.2) is 74.9 Å². The fraction of sp³-hybridized carbons (Fsp3) is 0.143. The van der Waals surface area contributed by atoms with Crippen molar-refractivity contribution in [2.45, 2.75) is 4.90 Å². The molecule has 0 saturated carbocycles. The molecule has 4 rings (SSSR count). The van der Waals surface area contributed by atoms with Gasteiger partial charge < -0.3 is 14.5 Å². The molecule has 1 aromatic carbocycles. The van der Waals surface area contributed by atoms with Crippen LogP contribution >= 0.6 is 23.5 Å². The van der Waals surface area contributed by atoms with Crippen LogP contribution in [0.3, 0.4) is 0 Å². The normalized spacial score (nSPS) is 19.8. The number of carbonyl (C=O) groups is 1. The lowest BCUT2D eigenvalue weighted by Crippen LogP contribution is -2.25. The predicted octanol–water partition coefficient (Wildman–Crippen LogP) is 4.67. The summed E-state index contributed by atoms with van der Waals surface area (Å²) in [6.07, 6.45) is 5.42. The van der Waals surface area contributed by atoms with Crippen LogP contribution in [-0.4, -0.2) is 36.6 Å². The Morgan fingerprint density at radius 1 is 1.28 bits per heavy atom. The van der Waals surface area contributed by atoms with Gasteiger partial charge in [-0.3, -0.25) is 9.78 Å². The maximum atomic E-state index is 13.7. The number of anilines is 1. The number of halogens is 1. The number of hydrogen-bond acceptors (Lipinski definition) is 7. The number of aromatic nitrogens is 1. The number of benzene rings is 1. The fourth-order valence-electron chi connectivity index (χ4n) is 3.05. The van der Waals surface area contributed by atoms with Gasteiger partial charge >= 0.3 is 5.97 Å². The zero-order valence-corrected chi connectivity index (χ0v) is 17.5. The highest BCUT2D eigenvalue weighted by Gasteiger charge is 2.35. The summed E-state index contributed by atoms with van der Waals surface area (Å²) in [5.41, 5.74) is 2.62. The number of ether oxygens (including phenoxy) is 1. The van der Waals surface area contributed by atoms with Gasteiger partial charge in [0.15, 0.2) is 0 Å². The number of esters is 1. The van der Waals surface area contributed by atoms with Crippen molar-refractivity contribution < 1.29 is 13.9 Å². The van der Waals surface area contributed by atoms with Gasteiger partial charge in [-0.05, 0) is 42.0 Å². The predicted molar refractivity (Wildman–Crippen MR) is 115 cm³/mol. The summed E-state index contributed by atoms with van der Waals surface area (Å²) in [4.78, 5) is 21.7. The van der Waals surface area contributed by atoms with Crippen LogP contribution in [0.4, 0.5) is 10.1 Å². The number of methoxy groups -OCH3 is 1. The molecule has 0 spiro atoms. The smallest absolute Gasteiger partial charge is 0.325 e. The minimum atomic E-state index is -0.351. The lowest BCUT2D eigenvalue weighted by molar-refractivity contribution is -0.140. The first-order valence-corrected chi connectivity index (χ1v) is 10.4. The molecular weight excluding hydrogens is 409 g/mol. The Kier molecular flexibility index (Phi) is 5.38. The number of nitrogens with zero attached hydrogens (tertiary/aromatic N) is 3. The summed E-state index contributed by atoms with van der Waals surface area (Å²) < 4.78 is 18.5. The van der Waals surface area contributed by atoms with Crippen LogP contribution in [0.1, 0.15) is 5.56 Å². The Morgan fingerprint density at radius 2 is 2.03 bits per heavy atom. The van der Waals surface area contributed by atoms with Gasteiger partial charge in [0, 0.05) is 24.3 Å². The Bertz CT molecular complexity index is 1050. The monoisotopic (exact) mass is 427 g/mol. The zero-order valence-electron chi connectivity index (χ0n) is 15.9. The number of rotatable bonds is 3. The van der Waals surface area contributed by atoms with E-state index < -0.39 is 0 Å². The number of carbonyl (C=O) groups excluding carboxylic acids is 1. The quantitative estimate of drug-likeness (QED) is 0.660. The van der Waals surface area contributed by atoms with Crippen LogP contribution in [0, 0.1) is 5.82 Å². The molecule has 1 aromatic heterocycles. The molecule has 5 nitrogen and oxygen atoms in total. The Balaban J connectivity index is 1.74. The zero-order chi connectivity index (χ0) is 20.5. The highest BCUT2D eigenvalue weighted by molar-refractivity contribution is 8.09. The second-order valence-electron chi connectivity index (χ2n) is 6.38. The van der Waals surface area contributed by atoms with E-state index >= 15 is 0 Å². The van der Waals surface area contributed by atoms with Gasteiger partial charge in [-0.2, -0.15) is 0 Å². The summed E-state index contributed by atoms with van der Waals surface area (Å²) >= 11 is 3.03. The van der Waals surface area contributed by atoms with Gasteiger partial charge in [0.25, 0.3) is 0 Å².